The van der Waals surface area contributed by atoms with Crippen molar-refractivity contribution in [3.63, 3.8) is 0 Å². The molecule has 1 amide bonds. The summed E-state index contributed by atoms with van der Waals surface area (Å²) in [7, 11) is 0. The normalized spacial score (nSPS) is 18.0. The number of nitrogens with one attached hydrogen (secondary N) is 2. The average molecular weight is 268 g/mol. The molecule has 1 aromatic heterocycles. The zero-order valence-corrected chi connectivity index (χ0v) is 11.1. The molecular weight excluding hydrogens is 252 g/mol. The standard InChI is InChI=1S/C15H16N4O/c20-15(14-16-5-6-17-14)18-12-2-1-10-8-19(13-3-4-13)9-11(10)7-12/h1-2,5-7,13H,3-4,8-9H2,(H,16,17)(H,18,20). The fourth-order valence-corrected chi connectivity index (χ4v) is 2.78. The Hall–Kier alpha value is -2.14. The zero-order valence-electron chi connectivity index (χ0n) is 11.1. The number of amides is 1. The fourth-order valence-electron chi connectivity index (χ4n) is 2.78. The van der Waals surface area contributed by atoms with Crippen LogP contribution in [0.1, 0.15) is 34.6 Å². The number of anilines is 1. The molecule has 0 radical (unpaired) electrons. The van der Waals surface area contributed by atoms with Gasteiger partial charge in [0.25, 0.3) is 5.91 Å². The highest BCUT2D eigenvalue weighted by Crippen LogP contribution is 2.35. The van der Waals surface area contributed by atoms with E-state index in [2.05, 4.69) is 32.3 Å². The highest BCUT2D eigenvalue weighted by molar-refractivity contribution is 6.01. The first-order valence-electron chi connectivity index (χ1n) is 6.96. The van der Waals surface area contributed by atoms with Gasteiger partial charge in [-0.1, -0.05) is 6.07 Å². The van der Waals surface area contributed by atoms with Crippen molar-refractivity contribution < 1.29 is 4.79 Å². The molecule has 2 aromatic rings. The van der Waals surface area contributed by atoms with Gasteiger partial charge >= 0.3 is 0 Å². The lowest BCUT2D eigenvalue weighted by molar-refractivity contribution is 0.101. The second kappa shape index (κ2) is 4.45. The number of hydrogen-bond acceptors (Lipinski definition) is 3. The number of H-pyrrole nitrogens is 1. The minimum atomic E-state index is -0.202. The van der Waals surface area contributed by atoms with Crippen molar-refractivity contribution in [1.82, 2.24) is 14.9 Å². The molecule has 4 rings (SSSR count). The zero-order chi connectivity index (χ0) is 13.5. The van der Waals surface area contributed by atoms with Crippen LogP contribution in [0.3, 0.4) is 0 Å². The number of aromatic amines is 1. The summed E-state index contributed by atoms with van der Waals surface area (Å²) in [6.45, 7) is 2.05. The van der Waals surface area contributed by atoms with Crippen LogP contribution in [0.5, 0.6) is 0 Å². The molecule has 5 heteroatoms. The summed E-state index contributed by atoms with van der Waals surface area (Å²) in [5, 5.41) is 2.88. The van der Waals surface area contributed by atoms with E-state index < -0.39 is 0 Å². The predicted molar refractivity (Wildman–Crippen MR) is 75.3 cm³/mol. The Morgan fingerprint density at radius 1 is 1.30 bits per heavy atom. The molecule has 20 heavy (non-hydrogen) atoms. The summed E-state index contributed by atoms with van der Waals surface area (Å²) in [4.78, 5) is 21.2. The molecule has 1 aliphatic heterocycles. The van der Waals surface area contributed by atoms with Gasteiger partial charge in [-0.3, -0.25) is 9.69 Å². The van der Waals surface area contributed by atoms with Crippen molar-refractivity contribution >= 4 is 11.6 Å². The van der Waals surface area contributed by atoms with E-state index in [9.17, 15) is 4.79 Å². The maximum Gasteiger partial charge on any atom is 0.291 e. The van der Waals surface area contributed by atoms with Crippen LogP contribution in [-0.4, -0.2) is 26.8 Å². The van der Waals surface area contributed by atoms with E-state index in [1.807, 2.05) is 6.07 Å². The molecule has 5 nitrogen and oxygen atoms in total. The van der Waals surface area contributed by atoms with E-state index in [0.717, 1.165) is 24.8 Å². The van der Waals surface area contributed by atoms with Gasteiger partial charge in [0.2, 0.25) is 0 Å². The molecule has 2 heterocycles. The van der Waals surface area contributed by atoms with Crippen LogP contribution in [0.25, 0.3) is 0 Å². The lowest BCUT2D eigenvalue weighted by atomic mass is 10.1. The second-order valence-corrected chi connectivity index (χ2v) is 5.51. The third-order valence-corrected chi connectivity index (χ3v) is 3.99. The van der Waals surface area contributed by atoms with Gasteiger partial charge in [0.1, 0.15) is 0 Å². The van der Waals surface area contributed by atoms with Crippen molar-refractivity contribution in [2.24, 2.45) is 0 Å². The minimum Gasteiger partial charge on any atom is -0.341 e. The van der Waals surface area contributed by atoms with Crippen LogP contribution in [0.2, 0.25) is 0 Å². The Bertz CT molecular complexity index is 646. The molecule has 1 aliphatic carbocycles. The Morgan fingerprint density at radius 2 is 2.15 bits per heavy atom. The van der Waals surface area contributed by atoms with E-state index in [1.54, 1.807) is 12.4 Å². The third kappa shape index (κ3) is 2.10. The van der Waals surface area contributed by atoms with Gasteiger partial charge in [-0.15, -0.1) is 0 Å². The molecule has 1 fully saturated rings. The molecule has 0 spiro atoms. The number of carbonyl (C=O) groups excluding carboxylic acids is 1. The Balaban J connectivity index is 1.50. The Morgan fingerprint density at radius 3 is 2.90 bits per heavy atom. The van der Waals surface area contributed by atoms with E-state index in [-0.39, 0.29) is 5.91 Å². The Kier molecular flexibility index (Phi) is 2.60. The van der Waals surface area contributed by atoms with Crippen molar-refractivity contribution in [3.05, 3.63) is 47.5 Å². The maximum absolute atomic E-state index is 11.9. The van der Waals surface area contributed by atoms with Gasteiger partial charge in [-0.05, 0) is 36.1 Å². The number of rotatable bonds is 3. The smallest absolute Gasteiger partial charge is 0.291 e. The fraction of sp³-hybridized carbons (Fsp3) is 0.333. The molecule has 0 bridgehead atoms. The van der Waals surface area contributed by atoms with Crippen molar-refractivity contribution in [2.45, 2.75) is 32.0 Å². The summed E-state index contributed by atoms with van der Waals surface area (Å²) < 4.78 is 0. The topological polar surface area (TPSA) is 61.0 Å². The molecule has 1 saturated carbocycles. The summed E-state index contributed by atoms with van der Waals surface area (Å²) in [6.07, 6.45) is 5.88. The van der Waals surface area contributed by atoms with Crippen molar-refractivity contribution in [2.75, 3.05) is 5.32 Å². The van der Waals surface area contributed by atoms with E-state index in [0.29, 0.717) is 5.82 Å². The molecule has 0 unspecified atom stereocenters. The summed E-state index contributed by atoms with van der Waals surface area (Å²) in [5.41, 5.74) is 3.55. The van der Waals surface area contributed by atoms with E-state index in [4.69, 9.17) is 0 Å². The van der Waals surface area contributed by atoms with E-state index >= 15 is 0 Å². The number of benzene rings is 1. The van der Waals surface area contributed by atoms with Gasteiger partial charge in [-0.25, -0.2) is 4.98 Å². The number of fused-ring (bicyclic) bond motifs is 1. The van der Waals surface area contributed by atoms with Crippen molar-refractivity contribution in [1.29, 1.82) is 0 Å². The quantitative estimate of drug-likeness (QED) is 0.896. The lowest BCUT2D eigenvalue weighted by Crippen LogP contribution is -2.18. The van der Waals surface area contributed by atoms with E-state index in [1.165, 1.54) is 24.0 Å². The van der Waals surface area contributed by atoms with Gasteiger partial charge in [-0.2, -0.15) is 0 Å². The first kappa shape index (κ1) is 11.7. The SMILES string of the molecule is O=C(Nc1ccc2c(c1)CN(C1CC1)C2)c1ncc[nH]1. The average Bonchev–Trinajstić information content (AvgIpc) is 3.00. The first-order chi connectivity index (χ1) is 9.79. The number of imidazole rings is 1. The maximum atomic E-state index is 11.9. The lowest BCUT2D eigenvalue weighted by Gasteiger charge is -2.11. The van der Waals surface area contributed by atoms with Crippen LogP contribution in [0, 0.1) is 0 Å². The summed E-state index contributed by atoms with van der Waals surface area (Å²) in [6, 6.07) is 6.95. The van der Waals surface area contributed by atoms with Gasteiger partial charge < -0.3 is 10.3 Å². The number of aromatic nitrogens is 2. The minimum absolute atomic E-state index is 0.202. The number of nitrogens with zero attached hydrogens (tertiary/aromatic N) is 2. The molecule has 2 N–H and O–H groups in total. The second-order valence-electron chi connectivity index (χ2n) is 5.51. The third-order valence-electron chi connectivity index (χ3n) is 3.99. The van der Waals surface area contributed by atoms with Gasteiger partial charge in [0, 0.05) is 37.2 Å². The highest BCUT2D eigenvalue weighted by atomic mass is 16.2. The summed E-state index contributed by atoms with van der Waals surface area (Å²) >= 11 is 0. The van der Waals surface area contributed by atoms with Crippen LogP contribution in [0.4, 0.5) is 5.69 Å². The predicted octanol–water partition coefficient (Wildman–Crippen LogP) is 2.14. The number of hydrogen-bond donors (Lipinski definition) is 2. The molecule has 0 saturated heterocycles. The van der Waals surface area contributed by atoms with Crippen LogP contribution < -0.4 is 5.32 Å². The number of carbonyl (C=O) groups is 1. The van der Waals surface area contributed by atoms with Gasteiger partial charge in [0.15, 0.2) is 5.82 Å². The highest BCUT2D eigenvalue weighted by Gasteiger charge is 2.32. The van der Waals surface area contributed by atoms with Crippen molar-refractivity contribution in [3.8, 4) is 0 Å². The van der Waals surface area contributed by atoms with Crippen LogP contribution in [0.15, 0.2) is 30.6 Å². The van der Waals surface area contributed by atoms with Gasteiger partial charge in [0.05, 0.1) is 0 Å². The Labute approximate surface area is 117 Å². The molecule has 0 atom stereocenters. The van der Waals surface area contributed by atoms with Crippen LogP contribution in [-0.2, 0) is 13.1 Å². The summed E-state index contributed by atoms with van der Waals surface area (Å²) in [5.74, 6) is 0.136. The molecule has 2 aliphatic rings. The molecule has 1 aromatic carbocycles. The first-order valence-corrected chi connectivity index (χ1v) is 6.96. The molecular formula is C15H16N4O. The monoisotopic (exact) mass is 268 g/mol. The largest absolute Gasteiger partial charge is 0.341 e. The van der Waals surface area contributed by atoms with Crippen LogP contribution >= 0.6 is 0 Å². The molecule has 102 valence electrons.